The number of rotatable bonds is 5. The Hall–Kier alpha value is -1.09. The summed E-state index contributed by atoms with van der Waals surface area (Å²) in [7, 11) is 0. The summed E-state index contributed by atoms with van der Waals surface area (Å²) in [4.78, 5) is 7.19. The van der Waals surface area contributed by atoms with Crippen LogP contribution in [0.1, 0.15) is 58.6 Å². The van der Waals surface area contributed by atoms with Crippen molar-refractivity contribution in [1.82, 2.24) is 9.88 Å². The van der Waals surface area contributed by atoms with E-state index in [1.54, 1.807) is 0 Å². The third-order valence-electron chi connectivity index (χ3n) is 4.07. The Morgan fingerprint density at radius 3 is 2.65 bits per heavy atom. The molecule has 2 heterocycles. The summed E-state index contributed by atoms with van der Waals surface area (Å²) < 4.78 is 0. The number of likely N-dealkylation sites (tertiary alicyclic amines) is 1. The first-order chi connectivity index (χ1) is 9.58. The first kappa shape index (κ1) is 15.3. The Balaban J connectivity index is 2.04. The molecule has 1 fully saturated rings. The van der Waals surface area contributed by atoms with Gasteiger partial charge in [0.15, 0.2) is 0 Å². The van der Waals surface area contributed by atoms with Gasteiger partial charge in [-0.2, -0.15) is 0 Å². The minimum absolute atomic E-state index is 0.551. The average Bonchev–Trinajstić information content (AvgIpc) is 2.45. The average molecular weight is 275 g/mol. The highest BCUT2D eigenvalue weighted by Crippen LogP contribution is 2.32. The van der Waals surface area contributed by atoms with Gasteiger partial charge in [-0.25, -0.2) is 4.98 Å². The van der Waals surface area contributed by atoms with Gasteiger partial charge in [-0.1, -0.05) is 26.3 Å². The largest absolute Gasteiger partial charge is 0.370 e. The second-order valence-electron chi connectivity index (χ2n) is 6.59. The molecule has 0 radical (unpaired) electrons. The fourth-order valence-corrected chi connectivity index (χ4v) is 2.95. The highest BCUT2D eigenvalue weighted by atomic mass is 15.2. The van der Waals surface area contributed by atoms with Crippen LogP contribution in [0.15, 0.2) is 18.3 Å². The molecule has 1 N–H and O–H groups in total. The van der Waals surface area contributed by atoms with Crippen molar-refractivity contribution in [2.75, 3.05) is 18.4 Å². The molecule has 0 aromatic carbocycles. The van der Waals surface area contributed by atoms with E-state index < -0.39 is 0 Å². The van der Waals surface area contributed by atoms with Gasteiger partial charge in [0.2, 0.25) is 0 Å². The van der Waals surface area contributed by atoms with Crippen LogP contribution in [0, 0.1) is 5.92 Å². The van der Waals surface area contributed by atoms with Gasteiger partial charge in [0.25, 0.3) is 0 Å². The van der Waals surface area contributed by atoms with Gasteiger partial charge in [-0.15, -0.1) is 0 Å². The van der Waals surface area contributed by atoms with Crippen LogP contribution in [0.3, 0.4) is 0 Å². The van der Waals surface area contributed by atoms with Gasteiger partial charge in [-0.05, 0) is 50.8 Å². The summed E-state index contributed by atoms with van der Waals surface area (Å²) in [5.74, 6) is 1.64. The van der Waals surface area contributed by atoms with Crippen molar-refractivity contribution < 1.29 is 0 Å². The van der Waals surface area contributed by atoms with E-state index in [9.17, 15) is 0 Å². The molecule has 0 spiro atoms. The number of hydrogen-bond donors (Lipinski definition) is 1. The zero-order chi connectivity index (χ0) is 14.5. The number of hydrogen-bond acceptors (Lipinski definition) is 3. The first-order valence-electron chi connectivity index (χ1n) is 8.03. The molecular weight excluding hydrogens is 246 g/mol. The second kappa shape index (κ2) is 7.07. The SMILES string of the molecule is CC(C)CNc1ccc([C@H]2CCCCN2C(C)C)cn1. The molecule has 20 heavy (non-hydrogen) atoms. The van der Waals surface area contributed by atoms with Crippen molar-refractivity contribution >= 4 is 5.82 Å². The molecule has 1 aliphatic rings. The summed E-state index contributed by atoms with van der Waals surface area (Å²) >= 11 is 0. The third kappa shape index (κ3) is 3.95. The Morgan fingerprint density at radius 1 is 1.25 bits per heavy atom. The number of aromatic nitrogens is 1. The van der Waals surface area contributed by atoms with E-state index in [4.69, 9.17) is 0 Å². The highest BCUT2D eigenvalue weighted by molar-refractivity contribution is 5.36. The molecule has 2 rings (SSSR count). The van der Waals surface area contributed by atoms with Crippen molar-refractivity contribution in [1.29, 1.82) is 0 Å². The van der Waals surface area contributed by atoms with E-state index in [0.717, 1.165) is 12.4 Å². The Labute approximate surface area is 123 Å². The molecular formula is C17H29N3. The Bertz CT molecular complexity index is 397. The quantitative estimate of drug-likeness (QED) is 0.877. The summed E-state index contributed by atoms with van der Waals surface area (Å²) in [5.41, 5.74) is 1.37. The van der Waals surface area contributed by atoms with E-state index in [0.29, 0.717) is 18.0 Å². The van der Waals surface area contributed by atoms with E-state index in [1.807, 2.05) is 0 Å². The summed E-state index contributed by atoms with van der Waals surface area (Å²) in [6.45, 7) is 11.2. The van der Waals surface area contributed by atoms with Gasteiger partial charge in [0.1, 0.15) is 5.82 Å². The van der Waals surface area contributed by atoms with Crippen molar-refractivity contribution in [2.24, 2.45) is 5.92 Å². The fourth-order valence-electron chi connectivity index (χ4n) is 2.95. The summed E-state index contributed by atoms with van der Waals surface area (Å²) in [6, 6.07) is 5.54. The number of nitrogens with zero attached hydrogens (tertiary/aromatic N) is 2. The molecule has 3 heteroatoms. The second-order valence-corrected chi connectivity index (χ2v) is 6.59. The normalized spacial score (nSPS) is 20.6. The van der Waals surface area contributed by atoms with Gasteiger partial charge in [-0.3, -0.25) is 4.90 Å². The summed E-state index contributed by atoms with van der Waals surface area (Å²) in [5, 5.41) is 3.38. The van der Waals surface area contributed by atoms with E-state index in [1.165, 1.54) is 31.4 Å². The number of nitrogens with one attached hydrogen (secondary N) is 1. The maximum absolute atomic E-state index is 4.58. The number of anilines is 1. The maximum atomic E-state index is 4.58. The van der Waals surface area contributed by atoms with Crippen LogP contribution < -0.4 is 5.32 Å². The van der Waals surface area contributed by atoms with E-state index >= 15 is 0 Å². The lowest BCUT2D eigenvalue weighted by Crippen LogP contribution is -2.38. The summed E-state index contributed by atoms with van der Waals surface area (Å²) in [6.07, 6.45) is 5.99. The highest BCUT2D eigenvalue weighted by Gasteiger charge is 2.25. The van der Waals surface area contributed by atoms with Crippen molar-refractivity contribution in [3.8, 4) is 0 Å². The lowest BCUT2D eigenvalue weighted by molar-refractivity contribution is 0.112. The lowest BCUT2D eigenvalue weighted by Gasteiger charge is -2.38. The minimum Gasteiger partial charge on any atom is -0.370 e. The van der Waals surface area contributed by atoms with Crippen molar-refractivity contribution in [3.05, 3.63) is 23.9 Å². The zero-order valence-electron chi connectivity index (χ0n) is 13.4. The van der Waals surface area contributed by atoms with Crippen LogP contribution in [0.5, 0.6) is 0 Å². The molecule has 1 aromatic rings. The number of pyridine rings is 1. The topological polar surface area (TPSA) is 28.2 Å². The molecule has 0 saturated carbocycles. The van der Waals surface area contributed by atoms with Crippen molar-refractivity contribution in [3.63, 3.8) is 0 Å². The van der Waals surface area contributed by atoms with Gasteiger partial charge in [0.05, 0.1) is 0 Å². The fraction of sp³-hybridized carbons (Fsp3) is 0.706. The maximum Gasteiger partial charge on any atom is 0.125 e. The molecule has 112 valence electrons. The van der Waals surface area contributed by atoms with Crippen LogP contribution in [0.25, 0.3) is 0 Å². The van der Waals surface area contributed by atoms with E-state index in [-0.39, 0.29) is 0 Å². The van der Waals surface area contributed by atoms with Crippen molar-refractivity contribution in [2.45, 2.75) is 59.0 Å². The lowest BCUT2D eigenvalue weighted by atomic mass is 9.95. The number of piperidine rings is 1. The van der Waals surface area contributed by atoms with Crippen LogP contribution in [0.4, 0.5) is 5.82 Å². The van der Waals surface area contributed by atoms with Crippen LogP contribution in [-0.2, 0) is 0 Å². The molecule has 3 nitrogen and oxygen atoms in total. The smallest absolute Gasteiger partial charge is 0.125 e. The molecule has 1 atom stereocenters. The predicted octanol–water partition coefficient (Wildman–Crippen LogP) is 4.08. The van der Waals surface area contributed by atoms with Gasteiger partial charge >= 0.3 is 0 Å². The third-order valence-corrected chi connectivity index (χ3v) is 4.07. The Morgan fingerprint density at radius 2 is 2.05 bits per heavy atom. The standard InChI is InChI=1S/C17H29N3/c1-13(2)11-18-17-9-8-15(12-19-17)16-7-5-6-10-20(16)14(3)4/h8-9,12-14,16H,5-7,10-11H2,1-4H3,(H,18,19)/t16-/m1/s1. The predicted molar refractivity (Wildman–Crippen MR) is 86.0 cm³/mol. The van der Waals surface area contributed by atoms with Crippen LogP contribution >= 0.6 is 0 Å². The monoisotopic (exact) mass is 275 g/mol. The Kier molecular flexibility index (Phi) is 5.41. The van der Waals surface area contributed by atoms with Crippen LogP contribution in [-0.4, -0.2) is 29.0 Å². The molecule has 1 aromatic heterocycles. The van der Waals surface area contributed by atoms with Gasteiger partial charge < -0.3 is 5.32 Å². The molecule has 0 unspecified atom stereocenters. The van der Waals surface area contributed by atoms with E-state index in [2.05, 4.69) is 61.2 Å². The first-order valence-corrected chi connectivity index (χ1v) is 8.03. The zero-order valence-corrected chi connectivity index (χ0v) is 13.4. The minimum atomic E-state index is 0.551. The van der Waals surface area contributed by atoms with Gasteiger partial charge in [0, 0.05) is 24.8 Å². The molecule has 0 amide bonds. The molecule has 1 aliphatic heterocycles. The molecule has 1 saturated heterocycles. The van der Waals surface area contributed by atoms with Crippen LogP contribution in [0.2, 0.25) is 0 Å². The molecule has 0 aliphatic carbocycles. The molecule has 0 bridgehead atoms.